The maximum absolute atomic E-state index is 6.01. The standard InChI is InChI=1S/C15H22BrClO/c1-15(2,18-3)8-7-13(11-16)9-12-5-4-6-14(17)10-12/h4-6,10,13H,7-9,11H2,1-3H3. The summed E-state index contributed by atoms with van der Waals surface area (Å²) >= 11 is 9.62. The minimum atomic E-state index is -0.0330. The lowest BCUT2D eigenvalue weighted by atomic mass is 9.91. The third-order valence-corrected chi connectivity index (χ3v) is 4.49. The van der Waals surface area contributed by atoms with Crippen LogP contribution in [0, 0.1) is 5.92 Å². The molecule has 1 nitrogen and oxygen atoms in total. The molecule has 3 heteroatoms. The zero-order chi connectivity index (χ0) is 13.6. The second-order valence-corrected chi connectivity index (χ2v) is 6.44. The molecule has 1 rings (SSSR count). The molecule has 1 aromatic carbocycles. The molecule has 102 valence electrons. The van der Waals surface area contributed by atoms with Gasteiger partial charge in [-0.05, 0) is 56.7 Å². The SMILES string of the molecule is COC(C)(C)CCC(CBr)Cc1cccc(Cl)c1. The molecule has 0 heterocycles. The first kappa shape index (κ1) is 16.0. The van der Waals surface area contributed by atoms with E-state index in [1.54, 1.807) is 7.11 Å². The Morgan fingerprint density at radius 1 is 1.39 bits per heavy atom. The first-order valence-corrected chi connectivity index (χ1v) is 7.82. The van der Waals surface area contributed by atoms with Gasteiger partial charge in [-0.3, -0.25) is 0 Å². The van der Waals surface area contributed by atoms with Crippen LogP contribution in [0.4, 0.5) is 0 Å². The highest BCUT2D eigenvalue weighted by molar-refractivity contribution is 9.09. The monoisotopic (exact) mass is 332 g/mol. The van der Waals surface area contributed by atoms with Gasteiger partial charge >= 0.3 is 0 Å². The number of benzene rings is 1. The first-order valence-electron chi connectivity index (χ1n) is 6.32. The van der Waals surface area contributed by atoms with Crippen molar-refractivity contribution in [2.75, 3.05) is 12.4 Å². The minimum absolute atomic E-state index is 0.0330. The third-order valence-electron chi connectivity index (χ3n) is 3.34. The average Bonchev–Trinajstić information content (AvgIpc) is 2.34. The number of hydrogen-bond donors (Lipinski definition) is 0. The molecule has 0 saturated heterocycles. The van der Waals surface area contributed by atoms with Gasteiger partial charge in [0.15, 0.2) is 0 Å². The predicted molar refractivity (Wildman–Crippen MR) is 82.8 cm³/mol. The molecule has 18 heavy (non-hydrogen) atoms. The molecule has 0 radical (unpaired) electrons. The van der Waals surface area contributed by atoms with Crippen LogP contribution in [0.15, 0.2) is 24.3 Å². The van der Waals surface area contributed by atoms with Crippen LogP contribution in [-0.2, 0) is 11.2 Å². The van der Waals surface area contributed by atoms with Gasteiger partial charge in [0, 0.05) is 17.5 Å². The van der Waals surface area contributed by atoms with E-state index in [0.717, 1.165) is 29.6 Å². The lowest BCUT2D eigenvalue weighted by molar-refractivity contribution is 0.0110. The van der Waals surface area contributed by atoms with Crippen LogP contribution in [0.2, 0.25) is 5.02 Å². The molecule has 0 fully saturated rings. The van der Waals surface area contributed by atoms with Gasteiger partial charge < -0.3 is 4.74 Å². The van der Waals surface area contributed by atoms with Gasteiger partial charge in [-0.1, -0.05) is 39.7 Å². The van der Waals surface area contributed by atoms with Crippen molar-refractivity contribution in [1.29, 1.82) is 0 Å². The fourth-order valence-corrected chi connectivity index (χ4v) is 2.65. The topological polar surface area (TPSA) is 9.23 Å². The molecular formula is C15H22BrClO. The Hall–Kier alpha value is -0.0500. The molecular weight excluding hydrogens is 312 g/mol. The molecule has 1 unspecified atom stereocenters. The van der Waals surface area contributed by atoms with Gasteiger partial charge in [0.25, 0.3) is 0 Å². The Morgan fingerprint density at radius 2 is 2.11 bits per heavy atom. The van der Waals surface area contributed by atoms with Crippen molar-refractivity contribution in [2.45, 2.75) is 38.7 Å². The van der Waals surface area contributed by atoms with Crippen LogP contribution in [-0.4, -0.2) is 18.0 Å². The molecule has 0 aliphatic carbocycles. The number of ether oxygens (including phenoxy) is 1. The van der Waals surface area contributed by atoms with Crippen molar-refractivity contribution in [1.82, 2.24) is 0 Å². The fraction of sp³-hybridized carbons (Fsp3) is 0.600. The molecule has 0 saturated carbocycles. The highest BCUT2D eigenvalue weighted by atomic mass is 79.9. The highest BCUT2D eigenvalue weighted by Gasteiger charge is 2.19. The summed E-state index contributed by atoms with van der Waals surface area (Å²) in [6.45, 7) is 4.27. The van der Waals surface area contributed by atoms with E-state index < -0.39 is 0 Å². The van der Waals surface area contributed by atoms with Crippen LogP contribution < -0.4 is 0 Å². The van der Waals surface area contributed by atoms with Crippen molar-refractivity contribution < 1.29 is 4.74 Å². The minimum Gasteiger partial charge on any atom is -0.379 e. The van der Waals surface area contributed by atoms with Gasteiger partial charge in [-0.2, -0.15) is 0 Å². The predicted octanol–water partition coefficient (Wildman–Crippen LogP) is 5.10. The number of methoxy groups -OCH3 is 1. The van der Waals surface area contributed by atoms with Crippen molar-refractivity contribution in [3.05, 3.63) is 34.9 Å². The van der Waals surface area contributed by atoms with Crippen LogP contribution in [0.3, 0.4) is 0 Å². The van der Waals surface area contributed by atoms with Crippen LogP contribution in [0.5, 0.6) is 0 Å². The quantitative estimate of drug-likeness (QED) is 0.631. The molecule has 1 aromatic rings. The summed E-state index contributed by atoms with van der Waals surface area (Å²) in [4.78, 5) is 0. The van der Waals surface area contributed by atoms with E-state index in [-0.39, 0.29) is 5.60 Å². The summed E-state index contributed by atoms with van der Waals surface area (Å²) in [6, 6.07) is 8.13. The van der Waals surface area contributed by atoms with E-state index >= 15 is 0 Å². The number of alkyl halides is 1. The van der Waals surface area contributed by atoms with E-state index in [2.05, 4.69) is 41.9 Å². The van der Waals surface area contributed by atoms with Crippen molar-refractivity contribution in [2.24, 2.45) is 5.92 Å². The normalized spacial score (nSPS) is 13.6. The smallest absolute Gasteiger partial charge is 0.0622 e. The maximum Gasteiger partial charge on any atom is 0.0622 e. The van der Waals surface area contributed by atoms with Crippen molar-refractivity contribution in [3.8, 4) is 0 Å². The maximum atomic E-state index is 6.01. The van der Waals surface area contributed by atoms with Crippen molar-refractivity contribution >= 4 is 27.5 Å². The average molecular weight is 334 g/mol. The molecule has 0 N–H and O–H groups in total. The Kier molecular flexibility index (Phi) is 6.68. The highest BCUT2D eigenvalue weighted by Crippen LogP contribution is 2.24. The third kappa shape index (κ3) is 5.73. The number of rotatable bonds is 7. The lowest BCUT2D eigenvalue weighted by Crippen LogP contribution is -2.24. The summed E-state index contributed by atoms with van der Waals surface area (Å²) in [6.07, 6.45) is 3.28. The van der Waals surface area contributed by atoms with Gasteiger partial charge in [0.05, 0.1) is 5.60 Å². The Morgan fingerprint density at radius 3 is 2.67 bits per heavy atom. The Bertz CT molecular complexity index is 365. The number of halogens is 2. The van der Waals surface area contributed by atoms with E-state index in [0.29, 0.717) is 5.92 Å². The van der Waals surface area contributed by atoms with E-state index in [1.165, 1.54) is 5.56 Å². The second kappa shape index (κ2) is 7.52. The molecule has 0 amide bonds. The zero-order valence-corrected chi connectivity index (χ0v) is 13.7. The lowest BCUT2D eigenvalue weighted by Gasteiger charge is -2.25. The Balaban J connectivity index is 2.52. The van der Waals surface area contributed by atoms with Gasteiger partial charge in [-0.25, -0.2) is 0 Å². The van der Waals surface area contributed by atoms with Gasteiger partial charge in [-0.15, -0.1) is 0 Å². The molecule has 0 bridgehead atoms. The van der Waals surface area contributed by atoms with Crippen molar-refractivity contribution in [3.63, 3.8) is 0 Å². The van der Waals surface area contributed by atoms with E-state index in [4.69, 9.17) is 16.3 Å². The Labute approximate surface area is 124 Å². The van der Waals surface area contributed by atoms with Crippen LogP contribution in [0.1, 0.15) is 32.3 Å². The molecule has 0 aromatic heterocycles. The first-order chi connectivity index (χ1) is 8.46. The summed E-state index contributed by atoms with van der Waals surface area (Å²) < 4.78 is 5.47. The largest absolute Gasteiger partial charge is 0.379 e. The molecule has 0 aliphatic heterocycles. The molecule has 0 spiro atoms. The zero-order valence-electron chi connectivity index (χ0n) is 11.4. The number of hydrogen-bond acceptors (Lipinski definition) is 1. The summed E-state index contributed by atoms with van der Waals surface area (Å²) in [7, 11) is 1.78. The summed E-state index contributed by atoms with van der Waals surface area (Å²) in [5, 5.41) is 1.83. The van der Waals surface area contributed by atoms with Gasteiger partial charge in [0.1, 0.15) is 0 Å². The summed E-state index contributed by atoms with van der Waals surface area (Å²) in [5.41, 5.74) is 1.27. The fourth-order valence-electron chi connectivity index (χ4n) is 1.88. The van der Waals surface area contributed by atoms with Gasteiger partial charge in [0.2, 0.25) is 0 Å². The van der Waals surface area contributed by atoms with E-state index in [1.807, 2.05) is 12.1 Å². The second-order valence-electron chi connectivity index (χ2n) is 5.36. The van der Waals surface area contributed by atoms with E-state index in [9.17, 15) is 0 Å². The molecule has 1 atom stereocenters. The summed E-state index contributed by atoms with van der Waals surface area (Å²) in [5.74, 6) is 0.623. The van der Waals surface area contributed by atoms with Crippen LogP contribution in [0.25, 0.3) is 0 Å². The molecule has 0 aliphatic rings. The van der Waals surface area contributed by atoms with Crippen LogP contribution >= 0.6 is 27.5 Å².